The minimum Gasteiger partial charge on any atom is -0.309 e. The fourth-order valence-electron chi connectivity index (χ4n) is 3.68. The largest absolute Gasteiger partial charge is 0.309 e. The summed E-state index contributed by atoms with van der Waals surface area (Å²) in [6.07, 6.45) is 7.44. The zero-order valence-electron chi connectivity index (χ0n) is 17.9. The molecule has 0 N–H and O–H groups in total. The number of rotatable bonds is 5. The summed E-state index contributed by atoms with van der Waals surface area (Å²) < 4.78 is 3.21. The lowest BCUT2D eigenvalue weighted by molar-refractivity contribution is 0.0997. The van der Waals surface area contributed by atoms with Crippen molar-refractivity contribution in [2.75, 3.05) is 0 Å². The van der Waals surface area contributed by atoms with E-state index in [1.165, 1.54) is 22.9 Å². The molecule has 0 bridgehead atoms. The van der Waals surface area contributed by atoms with Crippen LogP contribution < -0.4 is 11.0 Å². The fourth-order valence-corrected chi connectivity index (χ4v) is 3.68. The van der Waals surface area contributed by atoms with Crippen LogP contribution in [0.3, 0.4) is 0 Å². The Morgan fingerprint density at radius 2 is 1.97 bits per heavy atom. The molecule has 0 radical (unpaired) electrons. The van der Waals surface area contributed by atoms with Crippen LogP contribution in [0.25, 0.3) is 16.7 Å². The van der Waals surface area contributed by atoms with Gasteiger partial charge in [0.2, 0.25) is 0 Å². The van der Waals surface area contributed by atoms with Crippen molar-refractivity contribution in [1.29, 1.82) is 5.26 Å². The summed E-state index contributed by atoms with van der Waals surface area (Å²) in [5, 5.41) is 10.1. The van der Waals surface area contributed by atoms with Crippen LogP contribution in [0.2, 0.25) is 0 Å². The molecular formula is C24H22N6O2. The number of hydrogen-bond donors (Lipinski definition) is 0. The van der Waals surface area contributed by atoms with E-state index in [1.807, 2.05) is 13.0 Å². The van der Waals surface area contributed by atoms with E-state index in [0.29, 0.717) is 28.8 Å². The second kappa shape index (κ2) is 8.94. The number of unbranched alkanes of at least 4 members (excludes halogenated alkanes) is 2. The van der Waals surface area contributed by atoms with Gasteiger partial charge in [-0.1, -0.05) is 25.8 Å². The average Bonchev–Trinajstić information content (AvgIpc) is 2.81. The molecule has 160 valence electrons. The van der Waals surface area contributed by atoms with Crippen LogP contribution in [0.4, 0.5) is 0 Å². The van der Waals surface area contributed by atoms with Crippen LogP contribution in [-0.4, -0.2) is 24.8 Å². The topological polar surface area (TPSA) is 105 Å². The molecule has 0 aliphatic carbocycles. The van der Waals surface area contributed by atoms with Crippen molar-refractivity contribution in [2.45, 2.75) is 39.7 Å². The number of nitrogens with zero attached hydrogens (tertiary/aromatic N) is 6. The molecule has 0 aromatic carbocycles. The molecule has 0 aliphatic rings. The Bertz CT molecular complexity index is 1490. The number of carbonyl (C=O) groups excluding carboxylic acids is 1. The van der Waals surface area contributed by atoms with Gasteiger partial charge in [0.15, 0.2) is 5.49 Å². The van der Waals surface area contributed by atoms with Crippen molar-refractivity contribution in [1.82, 2.24) is 18.9 Å². The van der Waals surface area contributed by atoms with Crippen LogP contribution in [0.1, 0.15) is 47.7 Å². The normalized spacial score (nSPS) is 11.7. The van der Waals surface area contributed by atoms with E-state index in [0.717, 1.165) is 24.8 Å². The third kappa shape index (κ3) is 3.81. The Kier molecular flexibility index (Phi) is 5.90. The number of nitriles is 1. The molecule has 32 heavy (non-hydrogen) atoms. The van der Waals surface area contributed by atoms with Crippen molar-refractivity contribution >= 4 is 22.6 Å². The first-order valence-electron chi connectivity index (χ1n) is 10.5. The summed E-state index contributed by atoms with van der Waals surface area (Å²) in [4.78, 5) is 39.1. The summed E-state index contributed by atoms with van der Waals surface area (Å²) in [5.41, 5.74) is 2.27. The minimum atomic E-state index is -0.485. The van der Waals surface area contributed by atoms with Gasteiger partial charge >= 0.3 is 0 Å². The molecule has 0 saturated heterocycles. The van der Waals surface area contributed by atoms with E-state index in [1.54, 1.807) is 29.0 Å². The van der Waals surface area contributed by atoms with Gasteiger partial charge in [0, 0.05) is 30.7 Å². The SMILES string of the molecule is CCCCCn1c(=NC(=O)c2ccncc2)c(C#N)cc2c(=O)n3cccc(C)c3nc21. The van der Waals surface area contributed by atoms with Gasteiger partial charge in [-0.3, -0.25) is 19.0 Å². The molecule has 8 nitrogen and oxygen atoms in total. The van der Waals surface area contributed by atoms with E-state index in [2.05, 4.69) is 23.0 Å². The second-order valence-electron chi connectivity index (χ2n) is 7.54. The number of aromatic nitrogens is 4. The Balaban J connectivity index is 2.09. The first-order chi connectivity index (χ1) is 15.5. The molecule has 0 atom stereocenters. The highest BCUT2D eigenvalue weighted by atomic mass is 16.1. The quantitative estimate of drug-likeness (QED) is 0.360. The van der Waals surface area contributed by atoms with Gasteiger partial charge in [0.05, 0.1) is 10.9 Å². The van der Waals surface area contributed by atoms with Crippen LogP contribution in [0.5, 0.6) is 0 Å². The lowest BCUT2D eigenvalue weighted by Gasteiger charge is -2.14. The molecule has 1 amide bonds. The number of pyridine rings is 3. The highest BCUT2D eigenvalue weighted by Gasteiger charge is 2.16. The van der Waals surface area contributed by atoms with Crippen molar-refractivity contribution in [3.05, 3.63) is 81.5 Å². The van der Waals surface area contributed by atoms with E-state index >= 15 is 0 Å². The van der Waals surface area contributed by atoms with Gasteiger partial charge in [-0.15, -0.1) is 0 Å². The molecule has 0 unspecified atom stereocenters. The van der Waals surface area contributed by atoms with Gasteiger partial charge in [-0.25, -0.2) is 4.98 Å². The number of fused-ring (bicyclic) bond motifs is 2. The van der Waals surface area contributed by atoms with E-state index < -0.39 is 5.91 Å². The summed E-state index contributed by atoms with van der Waals surface area (Å²) in [6.45, 7) is 4.46. The predicted octanol–water partition coefficient (Wildman–Crippen LogP) is 3.16. The molecule has 0 aliphatic heterocycles. The van der Waals surface area contributed by atoms with Gasteiger partial charge in [0.1, 0.15) is 17.4 Å². The van der Waals surface area contributed by atoms with Crippen LogP contribution in [0, 0.1) is 18.3 Å². The van der Waals surface area contributed by atoms with Gasteiger partial charge in [0.25, 0.3) is 11.5 Å². The van der Waals surface area contributed by atoms with Crippen LogP contribution >= 0.6 is 0 Å². The standard InChI is InChI=1S/C24H22N6O2/c1-3-4-5-12-29-21(28-23(31)17-8-10-26-11-9-17)18(15-25)14-19-22(29)27-20-16(2)7-6-13-30(20)24(19)32/h6-11,13-14H,3-5,12H2,1-2H3. The van der Waals surface area contributed by atoms with Crippen LogP contribution in [0.15, 0.2) is 58.7 Å². The number of amides is 1. The molecule has 0 spiro atoms. The maximum absolute atomic E-state index is 13.2. The lowest BCUT2D eigenvalue weighted by atomic mass is 10.2. The molecule has 4 aromatic heterocycles. The van der Waals surface area contributed by atoms with E-state index in [4.69, 9.17) is 4.98 Å². The molecule has 0 fully saturated rings. The maximum atomic E-state index is 13.2. The Labute approximate surface area is 184 Å². The third-order valence-electron chi connectivity index (χ3n) is 5.35. The molecule has 0 saturated carbocycles. The predicted molar refractivity (Wildman–Crippen MR) is 120 cm³/mol. The third-order valence-corrected chi connectivity index (χ3v) is 5.35. The average molecular weight is 426 g/mol. The first-order valence-corrected chi connectivity index (χ1v) is 10.5. The van der Waals surface area contributed by atoms with E-state index in [9.17, 15) is 14.9 Å². The molecular weight excluding hydrogens is 404 g/mol. The van der Waals surface area contributed by atoms with Crippen molar-refractivity contribution < 1.29 is 4.79 Å². The van der Waals surface area contributed by atoms with Gasteiger partial charge < -0.3 is 4.57 Å². The van der Waals surface area contributed by atoms with Crippen LogP contribution in [-0.2, 0) is 6.54 Å². The highest BCUT2D eigenvalue weighted by molar-refractivity contribution is 5.94. The van der Waals surface area contributed by atoms with Gasteiger partial charge in [-0.05, 0) is 43.2 Å². The summed E-state index contributed by atoms with van der Waals surface area (Å²) in [7, 11) is 0. The second-order valence-corrected chi connectivity index (χ2v) is 7.54. The highest BCUT2D eigenvalue weighted by Crippen LogP contribution is 2.14. The van der Waals surface area contributed by atoms with Gasteiger partial charge in [-0.2, -0.15) is 10.3 Å². The minimum absolute atomic E-state index is 0.155. The van der Waals surface area contributed by atoms with Crippen molar-refractivity contribution in [3.63, 3.8) is 0 Å². The summed E-state index contributed by atoms with van der Waals surface area (Å²) in [5.74, 6) is -0.485. The smallest absolute Gasteiger partial charge is 0.279 e. The fraction of sp³-hybridized carbons (Fsp3) is 0.250. The van der Waals surface area contributed by atoms with E-state index in [-0.39, 0.29) is 16.6 Å². The monoisotopic (exact) mass is 426 g/mol. The number of carbonyl (C=O) groups is 1. The zero-order valence-corrected chi connectivity index (χ0v) is 17.9. The maximum Gasteiger partial charge on any atom is 0.279 e. The van der Waals surface area contributed by atoms with Crippen molar-refractivity contribution in [2.24, 2.45) is 4.99 Å². The first kappa shape index (κ1) is 21.1. The Hall–Kier alpha value is -4.12. The number of aryl methyl sites for hydroxylation is 2. The van der Waals surface area contributed by atoms with Crippen molar-refractivity contribution in [3.8, 4) is 6.07 Å². The lowest BCUT2D eigenvalue weighted by Crippen LogP contribution is -2.29. The number of hydrogen-bond acceptors (Lipinski definition) is 5. The molecule has 4 heterocycles. The molecule has 8 heteroatoms. The summed E-state index contributed by atoms with van der Waals surface area (Å²) in [6, 6.07) is 10.4. The molecule has 4 rings (SSSR count). The summed E-state index contributed by atoms with van der Waals surface area (Å²) >= 11 is 0. The Morgan fingerprint density at radius 1 is 1.19 bits per heavy atom. The molecule has 4 aromatic rings. The zero-order chi connectivity index (χ0) is 22.7. The Morgan fingerprint density at radius 3 is 2.69 bits per heavy atom.